The van der Waals surface area contributed by atoms with Crippen LogP contribution in [-0.2, 0) is 10.0 Å². The molecule has 0 aliphatic carbocycles. The van der Waals surface area contributed by atoms with Crippen molar-refractivity contribution in [3.05, 3.63) is 40.3 Å². The number of nitriles is 1. The lowest BCUT2D eigenvalue weighted by Crippen LogP contribution is -2.16. The second-order valence-corrected chi connectivity index (χ2v) is 5.87. The van der Waals surface area contributed by atoms with Gasteiger partial charge in [0.1, 0.15) is 22.3 Å². The lowest BCUT2D eigenvalue weighted by Gasteiger charge is -2.08. The van der Waals surface area contributed by atoms with E-state index in [-0.39, 0.29) is 16.4 Å². The van der Waals surface area contributed by atoms with Crippen LogP contribution in [0.15, 0.2) is 23.1 Å². The maximum absolute atomic E-state index is 13.6. The maximum Gasteiger partial charge on any atom is 0.267 e. The van der Waals surface area contributed by atoms with Crippen LogP contribution < -0.4 is 4.72 Å². The third-order valence-electron chi connectivity index (χ3n) is 2.48. The van der Waals surface area contributed by atoms with E-state index < -0.39 is 20.7 Å². The fourth-order valence-electron chi connectivity index (χ4n) is 1.56. The van der Waals surface area contributed by atoms with Crippen LogP contribution in [0.25, 0.3) is 0 Å². The molecule has 1 aromatic carbocycles. The molecule has 2 aromatic rings. The monoisotopic (exact) mass is 314 g/mol. The van der Waals surface area contributed by atoms with Crippen LogP contribution in [0.1, 0.15) is 11.3 Å². The van der Waals surface area contributed by atoms with Gasteiger partial charge in [-0.2, -0.15) is 10.4 Å². The Kier molecular flexibility index (Phi) is 3.65. The highest BCUT2D eigenvalue weighted by molar-refractivity contribution is 7.92. The third-order valence-corrected chi connectivity index (χ3v) is 4.32. The van der Waals surface area contributed by atoms with Crippen molar-refractivity contribution >= 4 is 27.4 Å². The first-order chi connectivity index (χ1) is 9.36. The van der Waals surface area contributed by atoms with E-state index in [1.54, 1.807) is 13.0 Å². The first-order valence-corrected chi connectivity index (χ1v) is 7.15. The molecular weight excluding hydrogens is 307 g/mol. The quantitative estimate of drug-likeness (QED) is 0.907. The largest absolute Gasteiger partial charge is 0.279 e. The van der Waals surface area contributed by atoms with Crippen molar-refractivity contribution in [3.63, 3.8) is 0 Å². The van der Waals surface area contributed by atoms with Gasteiger partial charge >= 0.3 is 0 Å². The molecule has 6 nitrogen and oxygen atoms in total. The van der Waals surface area contributed by atoms with E-state index in [4.69, 9.17) is 16.9 Å². The van der Waals surface area contributed by atoms with Crippen molar-refractivity contribution in [2.75, 3.05) is 4.72 Å². The van der Waals surface area contributed by atoms with Gasteiger partial charge in [0, 0.05) is 0 Å². The van der Waals surface area contributed by atoms with Crippen molar-refractivity contribution in [2.45, 2.75) is 11.8 Å². The molecule has 0 aliphatic rings. The van der Waals surface area contributed by atoms with Crippen LogP contribution in [-0.4, -0.2) is 18.6 Å². The normalized spacial score (nSPS) is 11.1. The smallest absolute Gasteiger partial charge is 0.267 e. The van der Waals surface area contributed by atoms with E-state index in [0.29, 0.717) is 5.69 Å². The highest BCUT2D eigenvalue weighted by Crippen LogP contribution is 2.27. The first kappa shape index (κ1) is 14.3. The van der Waals surface area contributed by atoms with Crippen LogP contribution in [0.5, 0.6) is 0 Å². The van der Waals surface area contributed by atoms with Crippen LogP contribution in [0.3, 0.4) is 0 Å². The number of hydrogen-bond donors (Lipinski definition) is 2. The van der Waals surface area contributed by atoms with Crippen molar-refractivity contribution < 1.29 is 12.8 Å². The maximum atomic E-state index is 13.6. The summed E-state index contributed by atoms with van der Waals surface area (Å²) in [6.45, 7) is 1.55. The number of anilines is 1. The lowest BCUT2D eigenvalue weighted by molar-refractivity contribution is 0.570. The number of aryl methyl sites for hydroxylation is 1. The molecule has 20 heavy (non-hydrogen) atoms. The Labute approximate surface area is 119 Å². The van der Waals surface area contributed by atoms with Gasteiger partial charge < -0.3 is 0 Å². The number of H-pyrrole nitrogens is 1. The molecule has 0 bridgehead atoms. The zero-order chi connectivity index (χ0) is 14.9. The number of aromatic amines is 1. The summed E-state index contributed by atoms with van der Waals surface area (Å²) in [4.78, 5) is -0.689. The summed E-state index contributed by atoms with van der Waals surface area (Å²) in [5.41, 5.74) is 0.422. The van der Waals surface area contributed by atoms with E-state index in [9.17, 15) is 12.8 Å². The van der Waals surface area contributed by atoms with Gasteiger partial charge in [-0.1, -0.05) is 17.7 Å². The fourth-order valence-corrected chi connectivity index (χ4v) is 3.18. The molecule has 9 heteroatoms. The molecular formula is C11H8ClFN4O2S. The Bertz CT molecular complexity index is 790. The topological polar surface area (TPSA) is 98.6 Å². The van der Waals surface area contributed by atoms with Crippen LogP contribution in [0, 0.1) is 24.1 Å². The van der Waals surface area contributed by atoms with Crippen LogP contribution in [0.4, 0.5) is 10.2 Å². The second kappa shape index (κ2) is 5.11. The number of rotatable bonds is 3. The molecule has 0 saturated carbocycles. The van der Waals surface area contributed by atoms with Gasteiger partial charge in [-0.3, -0.25) is 9.82 Å². The highest BCUT2D eigenvalue weighted by atomic mass is 35.5. The van der Waals surface area contributed by atoms with E-state index in [0.717, 1.165) is 6.07 Å². The van der Waals surface area contributed by atoms with Crippen LogP contribution in [0.2, 0.25) is 5.02 Å². The van der Waals surface area contributed by atoms with Gasteiger partial charge in [0.25, 0.3) is 10.0 Å². The lowest BCUT2D eigenvalue weighted by atomic mass is 10.3. The fraction of sp³-hybridized carbons (Fsp3) is 0.0909. The van der Waals surface area contributed by atoms with E-state index in [2.05, 4.69) is 10.2 Å². The summed E-state index contributed by atoms with van der Waals surface area (Å²) in [6.07, 6.45) is 0. The molecule has 2 N–H and O–H groups in total. The average Bonchev–Trinajstić information content (AvgIpc) is 2.68. The number of nitrogens with one attached hydrogen (secondary N) is 2. The molecule has 0 amide bonds. The molecule has 0 aliphatic heterocycles. The Morgan fingerprint density at radius 2 is 2.20 bits per heavy atom. The molecule has 2 rings (SSSR count). The van der Waals surface area contributed by atoms with E-state index in [1.807, 2.05) is 4.72 Å². The summed E-state index contributed by atoms with van der Waals surface area (Å²) in [5.74, 6) is -1.19. The number of hydrogen-bond acceptors (Lipinski definition) is 4. The number of nitrogens with zero attached hydrogens (tertiary/aromatic N) is 2. The Balaban J connectivity index is 2.50. The molecule has 0 unspecified atom stereocenters. The zero-order valence-corrected chi connectivity index (χ0v) is 11.7. The average molecular weight is 315 g/mol. The number of aromatic nitrogens is 2. The van der Waals surface area contributed by atoms with Crippen molar-refractivity contribution in [1.82, 2.24) is 10.2 Å². The van der Waals surface area contributed by atoms with Gasteiger partial charge in [0.15, 0.2) is 5.82 Å². The molecule has 0 spiro atoms. The number of halogens is 2. The predicted molar refractivity (Wildman–Crippen MR) is 70.3 cm³/mol. The number of benzene rings is 1. The Morgan fingerprint density at radius 1 is 1.50 bits per heavy atom. The van der Waals surface area contributed by atoms with E-state index in [1.165, 1.54) is 12.1 Å². The second-order valence-electron chi connectivity index (χ2n) is 3.84. The van der Waals surface area contributed by atoms with Gasteiger partial charge in [0.2, 0.25) is 0 Å². The molecule has 1 heterocycles. The van der Waals surface area contributed by atoms with Crippen molar-refractivity contribution in [1.29, 1.82) is 5.26 Å². The molecule has 0 atom stereocenters. The Hall–Kier alpha value is -2.11. The van der Waals surface area contributed by atoms with Crippen molar-refractivity contribution in [3.8, 4) is 6.07 Å². The summed E-state index contributed by atoms with van der Waals surface area (Å²) in [7, 11) is -4.28. The first-order valence-electron chi connectivity index (χ1n) is 5.28. The number of sulfonamides is 1. The summed E-state index contributed by atoms with van der Waals surface area (Å²) in [6, 6.07) is 5.31. The molecule has 104 valence electrons. The van der Waals surface area contributed by atoms with Gasteiger partial charge in [0.05, 0.1) is 10.7 Å². The predicted octanol–water partition coefficient (Wildman–Crippen LogP) is 2.18. The molecule has 0 fully saturated rings. The van der Waals surface area contributed by atoms with Crippen LogP contribution >= 0.6 is 11.6 Å². The minimum absolute atomic E-state index is 0.0287. The van der Waals surface area contributed by atoms with Gasteiger partial charge in [-0.05, 0) is 19.1 Å². The minimum Gasteiger partial charge on any atom is -0.279 e. The summed E-state index contributed by atoms with van der Waals surface area (Å²) >= 11 is 5.71. The zero-order valence-electron chi connectivity index (χ0n) is 10.1. The minimum atomic E-state index is -4.28. The van der Waals surface area contributed by atoms with Gasteiger partial charge in [-0.15, -0.1) is 0 Å². The summed E-state index contributed by atoms with van der Waals surface area (Å²) in [5, 5.41) is 14.8. The SMILES string of the molecule is Cc1[nH]nc(NS(=O)(=O)c2c(F)cccc2Cl)c1C#N. The van der Waals surface area contributed by atoms with E-state index >= 15 is 0 Å². The van der Waals surface area contributed by atoms with Gasteiger partial charge in [-0.25, -0.2) is 12.8 Å². The molecule has 0 saturated heterocycles. The third kappa shape index (κ3) is 2.45. The molecule has 1 aromatic heterocycles. The summed E-state index contributed by atoms with van der Waals surface area (Å²) < 4.78 is 39.9. The van der Waals surface area contributed by atoms with Crippen molar-refractivity contribution in [2.24, 2.45) is 0 Å². The standard InChI is InChI=1S/C11H8ClFN4O2S/c1-6-7(5-14)11(16-15-6)17-20(18,19)10-8(12)3-2-4-9(10)13/h2-4H,1H3,(H2,15,16,17). The highest BCUT2D eigenvalue weighted by Gasteiger charge is 2.25. The molecule has 0 radical (unpaired) electrons. The Morgan fingerprint density at radius 3 is 2.80 bits per heavy atom.